The summed E-state index contributed by atoms with van der Waals surface area (Å²) in [5, 5.41) is 14.3. The molecule has 3 rings (SSSR count). The minimum absolute atomic E-state index is 0.0709. The largest absolute Gasteiger partial charge is 0.491 e. The Labute approximate surface area is 241 Å². The Morgan fingerprint density at radius 1 is 1.07 bits per heavy atom. The van der Waals surface area contributed by atoms with E-state index in [0.29, 0.717) is 25.5 Å². The summed E-state index contributed by atoms with van der Waals surface area (Å²) >= 11 is 0. The Hall–Kier alpha value is -2.41. The lowest BCUT2D eigenvalue weighted by Gasteiger charge is -2.31. The van der Waals surface area contributed by atoms with E-state index in [4.69, 9.17) is 14.2 Å². The summed E-state index contributed by atoms with van der Waals surface area (Å²) in [6.45, 7) is 13.5. The highest BCUT2D eigenvalue weighted by Gasteiger charge is 2.28. The van der Waals surface area contributed by atoms with E-state index >= 15 is 0 Å². The highest BCUT2D eigenvalue weighted by Crippen LogP contribution is 2.32. The van der Waals surface area contributed by atoms with Gasteiger partial charge in [-0.25, -0.2) is 0 Å². The second-order valence-corrected chi connectivity index (χ2v) is 12.2. The van der Waals surface area contributed by atoms with Crippen LogP contribution in [0.25, 0.3) is 0 Å². The Balaban J connectivity index is 1.49. The fourth-order valence-corrected chi connectivity index (χ4v) is 5.73. The third-order valence-electron chi connectivity index (χ3n) is 7.60. The molecule has 0 unspecified atom stereocenters. The van der Waals surface area contributed by atoms with Gasteiger partial charge in [0.25, 0.3) is 0 Å². The predicted octanol–water partition coefficient (Wildman–Crippen LogP) is 6.36. The molecular weight excluding hydrogens is 502 g/mol. The van der Waals surface area contributed by atoms with Crippen LogP contribution in [-0.4, -0.2) is 48.6 Å². The van der Waals surface area contributed by atoms with Crippen molar-refractivity contribution in [2.24, 2.45) is 5.92 Å². The van der Waals surface area contributed by atoms with Gasteiger partial charge in [-0.2, -0.15) is 0 Å². The molecule has 0 amide bonds. The van der Waals surface area contributed by atoms with Gasteiger partial charge in [0.15, 0.2) is 0 Å². The van der Waals surface area contributed by atoms with E-state index in [2.05, 4.69) is 55.6 Å². The van der Waals surface area contributed by atoms with Crippen LogP contribution in [0.4, 0.5) is 0 Å². The Morgan fingerprint density at radius 3 is 2.42 bits per heavy atom. The molecule has 2 atom stereocenters. The molecule has 0 saturated heterocycles. The number of β-amino-alcohol motifs (C(OH)–C–C–N with tert-alkyl or cyclic N) is 1. The molecule has 0 saturated carbocycles. The highest BCUT2D eigenvalue weighted by molar-refractivity contribution is 5.69. The number of nitrogens with one attached hydrogen (secondary N) is 1. The fraction of sp³-hybridized carbons (Fsp3) is 0.618. The molecule has 2 N–H and O–H groups in total. The van der Waals surface area contributed by atoms with Crippen LogP contribution >= 0.6 is 0 Å². The lowest BCUT2D eigenvalue weighted by atomic mass is 9.88. The van der Waals surface area contributed by atoms with Gasteiger partial charge in [-0.15, -0.1) is 0 Å². The maximum atomic E-state index is 11.7. The number of benzene rings is 2. The minimum atomic E-state index is -0.606. The smallest absolute Gasteiger partial charge is 0.305 e. The normalized spacial score (nSPS) is 15.2. The molecule has 40 heavy (non-hydrogen) atoms. The number of fused-ring (bicyclic) bond motifs is 1. The van der Waals surface area contributed by atoms with E-state index in [-0.39, 0.29) is 30.3 Å². The van der Waals surface area contributed by atoms with E-state index in [9.17, 15) is 9.90 Å². The van der Waals surface area contributed by atoms with Gasteiger partial charge in [0, 0.05) is 18.5 Å². The Kier molecular flexibility index (Phi) is 12.5. The maximum absolute atomic E-state index is 11.7. The lowest BCUT2D eigenvalue weighted by molar-refractivity contribution is -0.143. The van der Waals surface area contributed by atoms with Crippen molar-refractivity contribution in [3.63, 3.8) is 0 Å². The number of hydrogen-bond donors (Lipinski definition) is 2. The van der Waals surface area contributed by atoms with Gasteiger partial charge >= 0.3 is 5.97 Å². The number of carbonyl (C=O) groups is 1. The summed E-state index contributed by atoms with van der Waals surface area (Å²) in [5.41, 5.74) is 5.13. The van der Waals surface area contributed by atoms with Gasteiger partial charge < -0.3 is 24.6 Å². The van der Waals surface area contributed by atoms with E-state index < -0.39 is 6.10 Å². The Morgan fingerprint density at radius 2 is 1.77 bits per heavy atom. The van der Waals surface area contributed by atoms with Crippen LogP contribution in [0.5, 0.6) is 5.75 Å². The average molecular weight is 554 g/mol. The van der Waals surface area contributed by atoms with Gasteiger partial charge in [0.05, 0.1) is 31.5 Å². The second kappa shape index (κ2) is 15.6. The van der Waals surface area contributed by atoms with Crippen molar-refractivity contribution in [3.8, 4) is 5.75 Å². The predicted molar refractivity (Wildman–Crippen MR) is 161 cm³/mol. The second-order valence-electron chi connectivity index (χ2n) is 12.2. The first kappa shape index (κ1) is 32.1. The van der Waals surface area contributed by atoms with Crippen LogP contribution in [0.3, 0.4) is 0 Å². The van der Waals surface area contributed by atoms with Crippen molar-refractivity contribution in [1.29, 1.82) is 0 Å². The molecule has 1 aliphatic rings. The van der Waals surface area contributed by atoms with Crippen LogP contribution in [0.1, 0.15) is 95.6 Å². The molecule has 6 nitrogen and oxygen atoms in total. The zero-order valence-electron chi connectivity index (χ0n) is 25.5. The molecule has 0 fully saturated rings. The molecule has 0 aromatic heterocycles. The first-order valence-electron chi connectivity index (χ1n) is 15.1. The summed E-state index contributed by atoms with van der Waals surface area (Å²) in [6.07, 6.45) is 5.55. The Bertz CT molecular complexity index is 1040. The number of ether oxygens (including phenoxy) is 3. The minimum Gasteiger partial charge on any atom is -0.491 e. The van der Waals surface area contributed by atoms with E-state index in [1.807, 2.05) is 33.8 Å². The number of carbonyl (C=O) groups excluding carboxylic acids is 1. The molecule has 0 spiro atoms. The highest BCUT2D eigenvalue weighted by atomic mass is 16.5. The fourth-order valence-electron chi connectivity index (χ4n) is 5.73. The van der Waals surface area contributed by atoms with Crippen LogP contribution in [0.15, 0.2) is 42.5 Å². The molecule has 0 heterocycles. The summed E-state index contributed by atoms with van der Waals surface area (Å²) in [5.74, 6) is 1.30. The standard InChI is InChI=1S/C34H51NO5/c1-7-38-33(37)15-11-10-12-27-16-17-31(40-24(2)3)20-32(27)25(4)39-23-30(36)22-35-34(5,6)21-26-18-28-13-8-9-14-29(28)19-26/h8-9,13-14,16-17,20,24-26,30,35-36H,7,10-12,15,18-19,21-23H2,1-6H3/t25-,30-/m1/s1. The molecule has 222 valence electrons. The zero-order valence-corrected chi connectivity index (χ0v) is 25.5. The summed E-state index contributed by atoms with van der Waals surface area (Å²) < 4.78 is 17.2. The average Bonchev–Trinajstić information content (AvgIpc) is 3.30. The van der Waals surface area contributed by atoms with Gasteiger partial charge in [-0.1, -0.05) is 30.3 Å². The molecule has 0 bridgehead atoms. The van der Waals surface area contributed by atoms with Gasteiger partial charge in [-0.05, 0) is 120 Å². The number of hydrogen-bond acceptors (Lipinski definition) is 6. The van der Waals surface area contributed by atoms with Crippen molar-refractivity contribution in [2.45, 2.75) is 110 Å². The molecule has 2 aromatic carbocycles. The monoisotopic (exact) mass is 553 g/mol. The lowest BCUT2D eigenvalue weighted by Crippen LogP contribution is -2.45. The van der Waals surface area contributed by atoms with E-state index in [0.717, 1.165) is 49.8 Å². The topological polar surface area (TPSA) is 77.0 Å². The van der Waals surface area contributed by atoms with Crippen molar-refractivity contribution >= 4 is 5.97 Å². The summed E-state index contributed by atoms with van der Waals surface area (Å²) in [4.78, 5) is 11.7. The molecule has 0 radical (unpaired) electrons. The number of aryl methyl sites for hydroxylation is 1. The molecular formula is C34H51NO5. The van der Waals surface area contributed by atoms with Gasteiger partial charge in [0.2, 0.25) is 0 Å². The number of aliphatic hydroxyl groups excluding tert-OH is 1. The number of unbranched alkanes of at least 4 members (excludes halogenated alkanes) is 1. The third-order valence-corrected chi connectivity index (χ3v) is 7.60. The SMILES string of the molecule is CCOC(=O)CCCCc1ccc(OC(C)C)cc1[C@@H](C)OC[C@H](O)CNC(C)(C)CC1Cc2ccccc2C1. The quantitative estimate of drug-likeness (QED) is 0.175. The van der Waals surface area contributed by atoms with E-state index in [1.165, 1.54) is 16.7 Å². The maximum Gasteiger partial charge on any atom is 0.305 e. The molecule has 2 aromatic rings. The van der Waals surface area contributed by atoms with Crippen molar-refractivity contribution in [2.75, 3.05) is 19.8 Å². The molecule has 0 aliphatic heterocycles. The number of rotatable bonds is 17. The van der Waals surface area contributed by atoms with Crippen LogP contribution in [0, 0.1) is 5.92 Å². The first-order chi connectivity index (χ1) is 19.1. The zero-order chi connectivity index (χ0) is 29.1. The van der Waals surface area contributed by atoms with Crippen LogP contribution < -0.4 is 10.1 Å². The van der Waals surface area contributed by atoms with Crippen LogP contribution in [-0.2, 0) is 33.5 Å². The van der Waals surface area contributed by atoms with Crippen molar-refractivity contribution in [1.82, 2.24) is 5.32 Å². The number of esters is 1. The van der Waals surface area contributed by atoms with Crippen molar-refractivity contribution in [3.05, 3.63) is 64.7 Å². The van der Waals surface area contributed by atoms with Crippen molar-refractivity contribution < 1.29 is 24.1 Å². The number of aliphatic hydroxyl groups is 1. The van der Waals surface area contributed by atoms with Crippen LogP contribution in [0.2, 0.25) is 0 Å². The first-order valence-corrected chi connectivity index (χ1v) is 15.1. The van der Waals surface area contributed by atoms with E-state index in [1.54, 1.807) is 0 Å². The molecule has 6 heteroatoms. The third kappa shape index (κ3) is 10.5. The summed E-state index contributed by atoms with van der Waals surface area (Å²) in [7, 11) is 0. The van der Waals surface area contributed by atoms with Gasteiger partial charge in [-0.3, -0.25) is 4.79 Å². The molecule has 1 aliphatic carbocycles. The summed E-state index contributed by atoms with van der Waals surface area (Å²) in [6, 6.07) is 14.9. The van der Waals surface area contributed by atoms with Gasteiger partial charge in [0.1, 0.15) is 5.75 Å².